The van der Waals surface area contributed by atoms with Crippen LogP contribution in [0, 0.1) is 5.82 Å². The highest BCUT2D eigenvalue weighted by Crippen LogP contribution is 2.42. The van der Waals surface area contributed by atoms with Gasteiger partial charge >= 0.3 is 0 Å². The normalized spacial score (nSPS) is 14.7. The second kappa shape index (κ2) is 5.77. The summed E-state index contributed by atoms with van der Waals surface area (Å²) < 4.78 is 44.4. The molecule has 1 aromatic heterocycles. The topological polar surface area (TPSA) is 89.3 Å². The molecule has 0 amide bonds. The number of hydrogen-bond acceptors (Lipinski definition) is 5. The molecule has 1 aliphatic rings. The molecule has 1 heterocycles. The minimum Gasteiger partial charge on any atom is -0.360 e. The minimum atomic E-state index is -3.64. The lowest BCUT2D eigenvalue weighted by atomic mass is 10.0. The number of anilines is 1. The van der Waals surface area contributed by atoms with Crippen LogP contribution < -0.4 is 4.72 Å². The second-order valence-electron chi connectivity index (χ2n) is 5.40. The molecule has 3 rings (SSSR count). The number of aromatic nitrogens is 1. The van der Waals surface area contributed by atoms with Crippen LogP contribution in [0.1, 0.15) is 47.4 Å². The van der Waals surface area contributed by atoms with Crippen LogP contribution in [0.5, 0.6) is 0 Å². The summed E-state index contributed by atoms with van der Waals surface area (Å²) in [4.78, 5) is 12.7. The predicted octanol–water partition coefficient (Wildman–Crippen LogP) is 2.68. The van der Waals surface area contributed by atoms with Crippen molar-refractivity contribution in [3.05, 3.63) is 47.1 Å². The molecule has 122 valence electrons. The van der Waals surface area contributed by atoms with Crippen molar-refractivity contribution in [1.82, 2.24) is 5.16 Å². The van der Waals surface area contributed by atoms with Crippen LogP contribution in [0.3, 0.4) is 0 Å². The van der Waals surface area contributed by atoms with E-state index < -0.39 is 21.6 Å². The quantitative estimate of drug-likeness (QED) is 0.818. The number of nitrogens with zero attached hydrogens (tertiary/aromatic N) is 1. The fourth-order valence-corrected chi connectivity index (χ4v) is 2.89. The van der Waals surface area contributed by atoms with E-state index in [1.165, 1.54) is 19.2 Å². The van der Waals surface area contributed by atoms with Crippen LogP contribution in [-0.4, -0.2) is 25.1 Å². The van der Waals surface area contributed by atoms with E-state index in [0.717, 1.165) is 25.0 Å². The first-order valence-corrected chi connectivity index (χ1v) is 8.86. The van der Waals surface area contributed by atoms with Gasteiger partial charge in [-0.1, -0.05) is 5.16 Å². The number of ketones is 1. The molecule has 2 aromatic rings. The summed E-state index contributed by atoms with van der Waals surface area (Å²) in [5.74, 6) is -0.584. The summed E-state index contributed by atoms with van der Waals surface area (Å²) in [6, 6.07) is 3.36. The molecule has 0 radical (unpaired) electrons. The number of sulfonamides is 1. The van der Waals surface area contributed by atoms with Crippen molar-refractivity contribution in [2.24, 2.45) is 0 Å². The molecular formula is C15H15FN2O4S. The number of nitrogens with one attached hydrogen (secondary N) is 1. The Morgan fingerprint density at radius 3 is 2.78 bits per heavy atom. The van der Waals surface area contributed by atoms with Gasteiger partial charge in [0.15, 0.2) is 11.5 Å². The zero-order valence-electron chi connectivity index (χ0n) is 12.4. The van der Waals surface area contributed by atoms with E-state index in [0.29, 0.717) is 5.76 Å². The smallest absolute Gasteiger partial charge is 0.232 e. The van der Waals surface area contributed by atoms with Crippen LogP contribution in [0.2, 0.25) is 0 Å². The summed E-state index contributed by atoms with van der Waals surface area (Å²) in [6.45, 7) is 1.45. The number of benzene rings is 1. The van der Waals surface area contributed by atoms with Gasteiger partial charge in [-0.25, -0.2) is 12.8 Å². The Hall–Kier alpha value is -2.22. The Balaban J connectivity index is 2.01. The molecule has 1 N–H and O–H groups in total. The van der Waals surface area contributed by atoms with Crippen molar-refractivity contribution < 1.29 is 22.1 Å². The van der Waals surface area contributed by atoms with Gasteiger partial charge in [0, 0.05) is 11.5 Å². The predicted molar refractivity (Wildman–Crippen MR) is 81.4 cm³/mol. The maximum Gasteiger partial charge on any atom is 0.232 e. The van der Waals surface area contributed by atoms with E-state index >= 15 is 0 Å². The number of carbonyl (C=O) groups excluding carboxylic acids is 1. The Bertz CT molecular complexity index is 856. The summed E-state index contributed by atoms with van der Waals surface area (Å²) in [7, 11) is -3.64. The molecule has 1 aromatic carbocycles. The van der Waals surface area contributed by atoms with Crippen LogP contribution in [0.4, 0.5) is 10.1 Å². The zero-order valence-corrected chi connectivity index (χ0v) is 13.2. The largest absolute Gasteiger partial charge is 0.360 e. The van der Waals surface area contributed by atoms with Crippen LogP contribution in [0.15, 0.2) is 28.9 Å². The van der Waals surface area contributed by atoms with Gasteiger partial charge in [-0.15, -0.1) is 0 Å². The lowest BCUT2D eigenvalue weighted by Gasteiger charge is -2.11. The Morgan fingerprint density at radius 1 is 1.39 bits per heavy atom. The zero-order chi connectivity index (χ0) is 16.6. The van der Waals surface area contributed by atoms with Crippen LogP contribution in [0.25, 0.3) is 0 Å². The maximum atomic E-state index is 13.5. The van der Waals surface area contributed by atoms with Gasteiger partial charge in [0.2, 0.25) is 10.0 Å². The molecule has 8 heteroatoms. The van der Waals surface area contributed by atoms with E-state index in [-0.39, 0.29) is 28.5 Å². The molecule has 0 bridgehead atoms. The molecule has 0 aliphatic heterocycles. The molecule has 23 heavy (non-hydrogen) atoms. The van der Waals surface area contributed by atoms with Crippen molar-refractivity contribution in [2.75, 3.05) is 10.5 Å². The van der Waals surface area contributed by atoms with E-state index in [4.69, 9.17) is 4.52 Å². The van der Waals surface area contributed by atoms with Gasteiger partial charge in [0.25, 0.3) is 0 Å². The van der Waals surface area contributed by atoms with Gasteiger partial charge in [-0.05, 0) is 38.0 Å². The van der Waals surface area contributed by atoms with Gasteiger partial charge in [-0.2, -0.15) is 0 Å². The number of halogens is 1. The molecule has 1 saturated carbocycles. The third-order valence-corrected chi connectivity index (χ3v) is 4.95. The van der Waals surface area contributed by atoms with E-state index in [2.05, 4.69) is 9.88 Å². The van der Waals surface area contributed by atoms with Gasteiger partial charge in [0.1, 0.15) is 5.82 Å². The maximum absolute atomic E-state index is 13.5. The molecular weight excluding hydrogens is 323 g/mol. The molecule has 1 aliphatic carbocycles. The van der Waals surface area contributed by atoms with Gasteiger partial charge < -0.3 is 4.52 Å². The van der Waals surface area contributed by atoms with E-state index in [1.807, 2.05) is 0 Å². The third kappa shape index (κ3) is 3.26. The average molecular weight is 338 g/mol. The highest BCUT2D eigenvalue weighted by atomic mass is 32.2. The van der Waals surface area contributed by atoms with E-state index in [9.17, 15) is 17.6 Å². The highest BCUT2D eigenvalue weighted by molar-refractivity contribution is 7.92. The van der Waals surface area contributed by atoms with Crippen LogP contribution in [-0.2, 0) is 10.0 Å². The molecule has 0 atom stereocenters. The van der Waals surface area contributed by atoms with Crippen molar-refractivity contribution in [3.63, 3.8) is 0 Å². The Morgan fingerprint density at radius 2 is 2.13 bits per heavy atom. The Labute approximate surface area is 132 Å². The summed E-state index contributed by atoms with van der Waals surface area (Å²) in [5.41, 5.74) is 0.268. The third-order valence-electron chi connectivity index (χ3n) is 3.66. The van der Waals surface area contributed by atoms with Gasteiger partial charge in [0.05, 0.1) is 23.2 Å². The first kappa shape index (κ1) is 15.7. The summed E-state index contributed by atoms with van der Waals surface area (Å²) >= 11 is 0. The van der Waals surface area contributed by atoms with Crippen molar-refractivity contribution in [3.8, 4) is 0 Å². The monoisotopic (exact) mass is 338 g/mol. The number of hydrogen-bond donors (Lipinski definition) is 1. The Kier molecular flexibility index (Phi) is 3.93. The van der Waals surface area contributed by atoms with Crippen molar-refractivity contribution in [1.29, 1.82) is 0 Å². The minimum absolute atomic E-state index is 0.0634. The standard InChI is InChI=1S/C15H15FN2O4S/c1-2-23(20,21)18-13-7-10(16)5-6-11(13)14(19)12-8-17-22-15(12)9-3-4-9/h5-9,18H,2-4H2,1H3. The average Bonchev–Trinajstić information content (AvgIpc) is 3.23. The first-order valence-electron chi connectivity index (χ1n) is 7.20. The fraction of sp³-hybridized carbons (Fsp3) is 0.333. The van der Waals surface area contributed by atoms with Crippen molar-refractivity contribution in [2.45, 2.75) is 25.7 Å². The van der Waals surface area contributed by atoms with Crippen molar-refractivity contribution >= 4 is 21.5 Å². The van der Waals surface area contributed by atoms with Gasteiger partial charge in [-0.3, -0.25) is 9.52 Å². The molecule has 0 unspecified atom stereocenters. The molecule has 0 saturated heterocycles. The summed E-state index contributed by atoms with van der Waals surface area (Å²) in [6.07, 6.45) is 3.17. The molecule has 1 fully saturated rings. The van der Waals surface area contributed by atoms with E-state index in [1.54, 1.807) is 0 Å². The highest BCUT2D eigenvalue weighted by Gasteiger charge is 2.33. The number of carbonyl (C=O) groups is 1. The summed E-state index contributed by atoms with van der Waals surface area (Å²) in [5, 5.41) is 3.66. The lowest BCUT2D eigenvalue weighted by molar-refractivity contribution is 0.103. The SMILES string of the molecule is CCS(=O)(=O)Nc1cc(F)ccc1C(=O)c1cnoc1C1CC1. The second-order valence-corrected chi connectivity index (χ2v) is 7.41. The molecule has 6 nitrogen and oxygen atoms in total. The fourth-order valence-electron chi connectivity index (χ4n) is 2.24. The molecule has 0 spiro atoms. The number of rotatable bonds is 6. The first-order chi connectivity index (χ1) is 10.9. The lowest BCUT2D eigenvalue weighted by Crippen LogP contribution is -2.17. The van der Waals surface area contributed by atoms with Crippen LogP contribution >= 0.6 is 0 Å².